The van der Waals surface area contributed by atoms with Crippen LogP contribution < -0.4 is 0 Å². The topological polar surface area (TPSA) is 57.5 Å². The van der Waals surface area contributed by atoms with Gasteiger partial charge in [0.1, 0.15) is 0 Å². The van der Waals surface area contributed by atoms with Crippen molar-refractivity contribution in [3.8, 4) is 11.5 Å². The standard InChI is InChI=1S/C19H22O3/c1-3-4-5-6-14-7-9-15(10-8-14)18(21)16-11-13(2)12-17(20)19(16)22/h7-12,20,22H,3-6H2,1-2H3. The molecule has 2 rings (SSSR count). The van der Waals surface area contributed by atoms with Gasteiger partial charge in [0.2, 0.25) is 0 Å². The van der Waals surface area contributed by atoms with Crippen molar-refractivity contribution in [1.82, 2.24) is 0 Å². The van der Waals surface area contributed by atoms with E-state index in [1.807, 2.05) is 12.1 Å². The highest BCUT2D eigenvalue weighted by Crippen LogP contribution is 2.31. The first-order valence-electron chi connectivity index (χ1n) is 7.69. The van der Waals surface area contributed by atoms with Crippen LogP contribution in [-0.4, -0.2) is 16.0 Å². The van der Waals surface area contributed by atoms with Gasteiger partial charge >= 0.3 is 0 Å². The fourth-order valence-electron chi connectivity index (χ4n) is 2.49. The lowest BCUT2D eigenvalue weighted by atomic mass is 9.98. The Balaban J connectivity index is 2.20. The normalized spacial score (nSPS) is 10.6. The molecule has 0 heterocycles. The third-order valence-electron chi connectivity index (χ3n) is 3.76. The van der Waals surface area contributed by atoms with Crippen molar-refractivity contribution >= 4 is 5.78 Å². The van der Waals surface area contributed by atoms with Crippen molar-refractivity contribution in [3.05, 3.63) is 58.7 Å². The molecule has 0 aliphatic heterocycles. The molecule has 0 fully saturated rings. The lowest BCUT2D eigenvalue weighted by Gasteiger charge is -2.08. The van der Waals surface area contributed by atoms with Crippen LogP contribution in [0.4, 0.5) is 0 Å². The summed E-state index contributed by atoms with van der Waals surface area (Å²) in [5, 5.41) is 19.5. The molecule has 116 valence electrons. The zero-order valence-electron chi connectivity index (χ0n) is 13.1. The Bertz CT molecular complexity index is 657. The number of aromatic hydroxyl groups is 2. The van der Waals surface area contributed by atoms with Gasteiger partial charge in [-0.3, -0.25) is 4.79 Å². The fourth-order valence-corrected chi connectivity index (χ4v) is 2.49. The average molecular weight is 298 g/mol. The summed E-state index contributed by atoms with van der Waals surface area (Å²) in [7, 11) is 0. The highest BCUT2D eigenvalue weighted by Gasteiger charge is 2.17. The minimum Gasteiger partial charge on any atom is -0.504 e. The van der Waals surface area contributed by atoms with Gasteiger partial charge in [0, 0.05) is 5.56 Å². The molecule has 0 aliphatic carbocycles. The van der Waals surface area contributed by atoms with E-state index in [0.29, 0.717) is 5.56 Å². The number of hydrogen-bond acceptors (Lipinski definition) is 3. The summed E-state index contributed by atoms with van der Waals surface area (Å²) in [6.45, 7) is 3.94. The van der Waals surface area contributed by atoms with Crippen LogP contribution in [0.3, 0.4) is 0 Å². The van der Waals surface area contributed by atoms with Crippen molar-refractivity contribution in [1.29, 1.82) is 0 Å². The molecule has 2 aromatic carbocycles. The molecule has 0 saturated heterocycles. The van der Waals surface area contributed by atoms with E-state index in [1.165, 1.54) is 24.5 Å². The molecule has 0 aromatic heterocycles. The maximum absolute atomic E-state index is 12.5. The molecule has 0 amide bonds. The fraction of sp³-hybridized carbons (Fsp3) is 0.316. The van der Waals surface area contributed by atoms with Gasteiger partial charge in [-0.25, -0.2) is 0 Å². The summed E-state index contributed by atoms with van der Waals surface area (Å²) in [5.74, 6) is -0.904. The number of benzene rings is 2. The molecular weight excluding hydrogens is 276 g/mol. The molecule has 0 saturated carbocycles. The van der Waals surface area contributed by atoms with E-state index >= 15 is 0 Å². The summed E-state index contributed by atoms with van der Waals surface area (Å²) >= 11 is 0. The molecule has 0 bridgehead atoms. The first kappa shape index (κ1) is 16.1. The van der Waals surface area contributed by atoms with Crippen LogP contribution in [-0.2, 0) is 6.42 Å². The van der Waals surface area contributed by atoms with Gasteiger partial charge in [-0.05, 0) is 43.0 Å². The van der Waals surface area contributed by atoms with E-state index in [-0.39, 0.29) is 22.8 Å². The summed E-state index contributed by atoms with van der Waals surface area (Å²) in [6, 6.07) is 10.5. The number of rotatable bonds is 6. The van der Waals surface area contributed by atoms with Gasteiger partial charge in [0.15, 0.2) is 17.3 Å². The number of phenols is 2. The zero-order chi connectivity index (χ0) is 16.1. The molecule has 2 aromatic rings. The summed E-state index contributed by atoms with van der Waals surface area (Å²) in [4.78, 5) is 12.5. The largest absolute Gasteiger partial charge is 0.504 e. The van der Waals surface area contributed by atoms with Crippen molar-refractivity contribution < 1.29 is 15.0 Å². The smallest absolute Gasteiger partial charge is 0.196 e. The average Bonchev–Trinajstić information content (AvgIpc) is 2.51. The Kier molecular flexibility index (Phi) is 5.21. The highest BCUT2D eigenvalue weighted by molar-refractivity contribution is 6.11. The quantitative estimate of drug-likeness (QED) is 0.473. The molecule has 0 atom stereocenters. The van der Waals surface area contributed by atoms with Crippen LogP contribution in [0.1, 0.15) is 53.2 Å². The van der Waals surface area contributed by atoms with Crippen molar-refractivity contribution in [2.24, 2.45) is 0 Å². The third kappa shape index (κ3) is 3.67. The third-order valence-corrected chi connectivity index (χ3v) is 3.76. The molecule has 0 spiro atoms. The van der Waals surface area contributed by atoms with Gasteiger partial charge in [-0.2, -0.15) is 0 Å². The predicted octanol–water partition coefficient (Wildman–Crippen LogP) is 4.37. The Hall–Kier alpha value is -2.29. The second-order valence-corrected chi connectivity index (χ2v) is 5.66. The van der Waals surface area contributed by atoms with Crippen LogP contribution >= 0.6 is 0 Å². The zero-order valence-corrected chi connectivity index (χ0v) is 13.1. The Labute approximate surface area is 131 Å². The number of hydrogen-bond donors (Lipinski definition) is 2. The number of unbranched alkanes of at least 4 members (excludes halogenated alkanes) is 2. The molecule has 3 nitrogen and oxygen atoms in total. The van der Waals surface area contributed by atoms with E-state index < -0.39 is 0 Å². The van der Waals surface area contributed by atoms with Crippen LogP contribution in [0.2, 0.25) is 0 Å². The van der Waals surface area contributed by atoms with E-state index in [1.54, 1.807) is 25.1 Å². The first-order chi connectivity index (χ1) is 10.5. The summed E-state index contributed by atoms with van der Waals surface area (Å²) in [5.41, 5.74) is 2.59. The molecule has 0 aliphatic rings. The van der Waals surface area contributed by atoms with E-state index in [4.69, 9.17) is 0 Å². The Morgan fingerprint density at radius 1 is 1.05 bits per heavy atom. The second kappa shape index (κ2) is 7.12. The van der Waals surface area contributed by atoms with Crippen LogP contribution in [0.25, 0.3) is 0 Å². The minimum atomic E-state index is -0.359. The lowest BCUT2D eigenvalue weighted by molar-refractivity contribution is 0.103. The van der Waals surface area contributed by atoms with Crippen LogP contribution in [0.15, 0.2) is 36.4 Å². The van der Waals surface area contributed by atoms with Crippen molar-refractivity contribution in [2.45, 2.75) is 39.5 Å². The molecule has 0 unspecified atom stereocenters. The molecule has 0 radical (unpaired) electrons. The van der Waals surface area contributed by atoms with Gasteiger partial charge in [0.05, 0.1) is 5.56 Å². The minimum absolute atomic E-state index is 0.135. The Morgan fingerprint density at radius 3 is 2.36 bits per heavy atom. The van der Waals surface area contributed by atoms with Gasteiger partial charge in [0.25, 0.3) is 0 Å². The van der Waals surface area contributed by atoms with Crippen LogP contribution in [0.5, 0.6) is 11.5 Å². The number of carbonyl (C=O) groups excluding carboxylic acids is 1. The van der Waals surface area contributed by atoms with E-state index in [9.17, 15) is 15.0 Å². The maximum Gasteiger partial charge on any atom is 0.196 e. The highest BCUT2D eigenvalue weighted by atomic mass is 16.3. The number of aryl methyl sites for hydroxylation is 2. The number of ketones is 1. The number of phenolic OH excluding ortho intramolecular Hbond substituents is 2. The van der Waals surface area contributed by atoms with Crippen molar-refractivity contribution in [2.75, 3.05) is 0 Å². The monoisotopic (exact) mass is 298 g/mol. The maximum atomic E-state index is 12.5. The molecule has 22 heavy (non-hydrogen) atoms. The predicted molar refractivity (Wildman–Crippen MR) is 87.6 cm³/mol. The second-order valence-electron chi connectivity index (χ2n) is 5.66. The van der Waals surface area contributed by atoms with Crippen LogP contribution in [0, 0.1) is 6.92 Å². The summed E-state index contributed by atoms with van der Waals surface area (Å²) in [6.07, 6.45) is 4.55. The molecule has 2 N–H and O–H groups in total. The Morgan fingerprint density at radius 2 is 1.73 bits per heavy atom. The molecular formula is C19H22O3. The number of carbonyl (C=O) groups is 1. The molecule has 3 heteroatoms. The van der Waals surface area contributed by atoms with E-state index in [0.717, 1.165) is 18.4 Å². The van der Waals surface area contributed by atoms with Crippen molar-refractivity contribution in [3.63, 3.8) is 0 Å². The summed E-state index contributed by atoms with van der Waals surface area (Å²) < 4.78 is 0. The SMILES string of the molecule is CCCCCc1ccc(C(=O)c2cc(C)cc(O)c2O)cc1. The van der Waals surface area contributed by atoms with E-state index in [2.05, 4.69) is 6.92 Å². The van der Waals surface area contributed by atoms with Gasteiger partial charge in [-0.15, -0.1) is 0 Å². The van der Waals surface area contributed by atoms with Gasteiger partial charge < -0.3 is 10.2 Å². The lowest BCUT2D eigenvalue weighted by Crippen LogP contribution is -2.02. The first-order valence-corrected chi connectivity index (χ1v) is 7.69. The van der Waals surface area contributed by atoms with Gasteiger partial charge in [-0.1, -0.05) is 44.0 Å².